The van der Waals surface area contributed by atoms with Crippen LogP contribution in [0.5, 0.6) is 0 Å². The van der Waals surface area contributed by atoms with Gasteiger partial charge in [-0.2, -0.15) is 11.8 Å². The summed E-state index contributed by atoms with van der Waals surface area (Å²) in [5.41, 5.74) is 5.11. The summed E-state index contributed by atoms with van der Waals surface area (Å²) >= 11 is 1.64. The van der Waals surface area contributed by atoms with Crippen molar-refractivity contribution in [3.05, 3.63) is 0 Å². The number of amides is 3. The molecule has 1 saturated heterocycles. The number of nitrogens with two attached hydrogens (primary N) is 1. The first-order valence-electron chi connectivity index (χ1n) is 6.60. The lowest BCUT2D eigenvalue weighted by molar-refractivity contribution is -0.124. The zero-order chi connectivity index (χ0) is 14.3. The van der Waals surface area contributed by atoms with E-state index in [2.05, 4.69) is 22.9 Å². The van der Waals surface area contributed by atoms with Crippen molar-refractivity contribution in [3.8, 4) is 0 Å². The van der Waals surface area contributed by atoms with Gasteiger partial charge < -0.3 is 21.7 Å². The Balaban J connectivity index is 0.00000361. The number of hydrogen-bond acceptors (Lipinski definition) is 4. The van der Waals surface area contributed by atoms with E-state index in [9.17, 15) is 9.59 Å². The van der Waals surface area contributed by atoms with Gasteiger partial charge in [0, 0.05) is 12.6 Å². The van der Waals surface area contributed by atoms with Crippen LogP contribution < -0.4 is 21.7 Å². The molecule has 0 bridgehead atoms. The molecule has 20 heavy (non-hydrogen) atoms. The summed E-state index contributed by atoms with van der Waals surface area (Å²) in [6, 6.07) is -1.08. The number of primary amides is 1. The molecule has 5 N–H and O–H groups in total. The highest BCUT2D eigenvalue weighted by Crippen LogP contribution is 2.11. The number of piperidine rings is 1. The second kappa shape index (κ2) is 10.1. The third-order valence-electron chi connectivity index (χ3n) is 3.40. The van der Waals surface area contributed by atoms with Crippen LogP contribution in [-0.2, 0) is 4.79 Å². The summed E-state index contributed by atoms with van der Waals surface area (Å²) in [6.45, 7) is 3.89. The number of halogens is 1. The van der Waals surface area contributed by atoms with Crippen molar-refractivity contribution in [2.45, 2.75) is 31.8 Å². The third kappa shape index (κ3) is 6.67. The maximum Gasteiger partial charge on any atom is 0.312 e. The van der Waals surface area contributed by atoms with Gasteiger partial charge in [0.15, 0.2) is 0 Å². The standard InChI is InChI=1S/C12H24N4O2S.ClH/c1-8-3-5-14-7-10(8)15-11(17)9(4-6-19-2)16-12(13)18;/h8-10,14H,3-7H2,1-2H3,(H,15,17)(H3,13,16,18);1H. The fraction of sp³-hybridized carbons (Fsp3) is 0.833. The normalized spacial score (nSPS) is 23.3. The molecule has 0 spiro atoms. The van der Waals surface area contributed by atoms with Gasteiger partial charge in [-0.1, -0.05) is 6.92 Å². The van der Waals surface area contributed by atoms with Crippen molar-refractivity contribution in [2.75, 3.05) is 25.1 Å². The van der Waals surface area contributed by atoms with Crippen molar-refractivity contribution in [2.24, 2.45) is 11.7 Å². The highest BCUT2D eigenvalue weighted by molar-refractivity contribution is 7.98. The Morgan fingerprint density at radius 1 is 1.50 bits per heavy atom. The van der Waals surface area contributed by atoms with E-state index in [0.29, 0.717) is 12.3 Å². The first kappa shape index (κ1) is 19.3. The predicted molar refractivity (Wildman–Crippen MR) is 85.3 cm³/mol. The van der Waals surface area contributed by atoms with E-state index in [0.717, 1.165) is 25.3 Å². The largest absolute Gasteiger partial charge is 0.352 e. The highest BCUT2D eigenvalue weighted by atomic mass is 35.5. The number of hydrogen-bond donors (Lipinski definition) is 4. The number of rotatable bonds is 6. The Labute approximate surface area is 130 Å². The van der Waals surface area contributed by atoms with E-state index in [1.165, 1.54) is 0 Å². The smallest absolute Gasteiger partial charge is 0.312 e. The SMILES string of the molecule is CSCCC(NC(N)=O)C(=O)NC1CNCCC1C.Cl. The summed E-state index contributed by atoms with van der Waals surface area (Å²) < 4.78 is 0. The van der Waals surface area contributed by atoms with Crippen LogP contribution in [0.1, 0.15) is 19.8 Å². The Kier molecular flexibility index (Phi) is 9.79. The van der Waals surface area contributed by atoms with Crippen molar-refractivity contribution in [1.82, 2.24) is 16.0 Å². The molecule has 1 aliphatic rings. The summed E-state index contributed by atoms with van der Waals surface area (Å²) in [6.07, 6.45) is 3.60. The molecule has 0 aromatic rings. The number of nitrogens with one attached hydrogen (secondary N) is 3. The number of urea groups is 1. The van der Waals surface area contributed by atoms with E-state index < -0.39 is 12.1 Å². The van der Waals surface area contributed by atoms with Crippen LogP contribution in [0.2, 0.25) is 0 Å². The molecule has 0 saturated carbocycles. The van der Waals surface area contributed by atoms with Gasteiger partial charge in [-0.25, -0.2) is 4.79 Å². The Morgan fingerprint density at radius 3 is 2.75 bits per heavy atom. The van der Waals surface area contributed by atoms with Crippen LogP contribution >= 0.6 is 24.2 Å². The number of carbonyl (C=O) groups is 2. The van der Waals surface area contributed by atoms with Gasteiger partial charge in [0.25, 0.3) is 0 Å². The van der Waals surface area contributed by atoms with Crippen LogP contribution in [0.25, 0.3) is 0 Å². The topological polar surface area (TPSA) is 96.2 Å². The summed E-state index contributed by atoms with van der Waals surface area (Å²) in [5, 5.41) is 8.78. The zero-order valence-electron chi connectivity index (χ0n) is 12.0. The maximum atomic E-state index is 12.2. The molecule has 0 aromatic carbocycles. The van der Waals surface area contributed by atoms with Gasteiger partial charge >= 0.3 is 6.03 Å². The van der Waals surface area contributed by atoms with Crippen LogP contribution in [0.3, 0.4) is 0 Å². The molecule has 8 heteroatoms. The van der Waals surface area contributed by atoms with E-state index in [1.54, 1.807) is 11.8 Å². The van der Waals surface area contributed by atoms with Crippen LogP contribution in [0, 0.1) is 5.92 Å². The van der Waals surface area contributed by atoms with E-state index >= 15 is 0 Å². The van der Waals surface area contributed by atoms with Gasteiger partial charge in [-0.3, -0.25) is 4.79 Å². The molecule has 0 aliphatic carbocycles. The van der Waals surface area contributed by atoms with Crippen LogP contribution in [0.4, 0.5) is 4.79 Å². The third-order valence-corrected chi connectivity index (χ3v) is 4.04. The molecule has 3 amide bonds. The molecule has 0 radical (unpaired) electrons. The molecule has 0 aromatic heterocycles. The van der Waals surface area contributed by atoms with Crippen LogP contribution in [0.15, 0.2) is 0 Å². The number of carbonyl (C=O) groups excluding carboxylic acids is 2. The lowest BCUT2D eigenvalue weighted by Crippen LogP contribution is -2.56. The molecule has 1 fully saturated rings. The lowest BCUT2D eigenvalue weighted by Gasteiger charge is -2.31. The van der Waals surface area contributed by atoms with Crippen molar-refractivity contribution in [3.63, 3.8) is 0 Å². The average Bonchev–Trinajstić information content (AvgIpc) is 2.36. The van der Waals surface area contributed by atoms with Gasteiger partial charge in [0.2, 0.25) is 5.91 Å². The van der Waals surface area contributed by atoms with E-state index in [-0.39, 0.29) is 24.4 Å². The van der Waals surface area contributed by atoms with Crippen molar-refractivity contribution < 1.29 is 9.59 Å². The Morgan fingerprint density at radius 2 is 2.20 bits per heavy atom. The van der Waals surface area contributed by atoms with Crippen molar-refractivity contribution in [1.29, 1.82) is 0 Å². The fourth-order valence-corrected chi connectivity index (χ4v) is 2.61. The molecule has 3 atom stereocenters. The molecule has 1 heterocycles. The summed E-state index contributed by atoms with van der Waals surface area (Å²) in [4.78, 5) is 23.1. The molecule has 118 valence electrons. The van der Waals surface area contributed by atoms with Gasteiger partial charge in [-0.15, -0.1) is 12.4 Å². The summed E-state index contributed by atoms with van der Waals surface area (Å²) in [5.74, 6) is 1.10. The average molecular weight is 325 g/mol. The highest BCUT2D eigenvalue weighted by Gasteiger charge is 2.26. The van der Waals surface area contributed by atoms with Gasteiger partial charge in [0.1, 0.15) is 6.04 Å². The Bertz CT molecular complexity index is 320. The van der Waals surface area contributed by atoms with E-state index in [4.69, 9.17) is 5.73 Å². The van der Waals surface area contributed by atoms with Crippen LogP contribution in [-0.4, -0.2) is 49.1 Å². The minimum Gasteiger partial charge on any atom is -0.352 e. The minimum absolute atomic E-state index is 0. The maximum absolute atomic E-state index is 12.2. The van der Waals surface area contributed by atoms with E-state index in [1.807, 2.05) is 6.26 Å². The fourth-order valence-electron chi connectivity index (χ4n) is 2.14. The predicted octanol–water partition coefficient (Wildman–Crippen LogP) is 0.312. The molecule has 1 rings (SSSR count). The first-order chi connectivity index (χ1) is 9.04. The quantitative estimate of drug-likeness (QED) is 0.565. The summed E-state index contributed by atoms with van der Waals surface area (Å²) in [7, 11) is 0. The van der Waals surface area contributed by atoms with Gasteiger partial charge in [-0.05, 0) is 37.3 Å². The molecule has 6 nitrogen and oxygen atoms in total. The minimum atomic E-state index is -0.656. The second-order valence-corrected chi connectivity index (χ2v) is 5.91. The Hall–Kier alpha value is -0.660. The zero-order valence-corrected chi connectivity index (χ0v) is 13.6. The van der Waals surface area contributed by atoms with Crippen molar-refractivity contribution >= 4 is 36.1 Å². The molecular formula is C12H25ClN4O2S. The molecule has 3 unspecified atom stereocenters. The molecular weight excluding hydrogens is 300 g/mol. The monoisotopic (exact) mass is 324 g/mol. The second-order valence-electron chi connectivity index (χ2n) is 4.93. The molecule has 1 aliphatic heterocycles. The lowest BCUT2D eigenvalue weighted by atomic mass is 9.94. The number of thioether (sulfide) groups is 1. The first-order valence-corrected chi connectivity index (χ1v) is 8.00. The van der Waals surface area contributed by atoms with Gasteiger partial charge in [0.05, 0.1) is 0 Å².